The molecule has 0 amide bonds. The average molecular weight is 484 g/mol. The summed E-state index contributed by atoms with van der Waals surface area (Å²) in [5.74, 6) is -1.76. The zero-order chi connectivity index (χ0) is 24.8. The molecule has 176 valence electrons. The largest absolute Gasteiger partial charge is 0.481 e. The molecule has 0 saturated carbocycles. The number of aliphatic carboxylic acids is 1. The molecule has 2 atom stereocenters. The predicted molar refractivity (Wildman–Crippen MR) is 139 cm³/mol. The monoisotopic (exact) mass is 483 g/mol. The van der Waals surface area contributed by atoms with Crippen molar-refractivity contribution in [3.63, 3.8) is 0 Å². The van der Waals surface area contributed by atoms with E-state index < -0.39 is 26.7 Å². The first-order chi connectivity index (χ1) is 16.7. The van der Waals surface area contributed by atoms with Crippen LogP contribution < -0.4 is 15.6 Å². The third-order valence-corrected chi connectivity index (χ3v) is 8.44. The molecule has 0 aromatic heterocycles. The number of carboxylic acids is 1. The van der Waals surface area contributed by atoms with Crippen molar-refractivity contribution in [3.8, 4) is 0 Å². The molecule has 2 unspecified atom stereocenters. The Bertz CT molecular complexity index is 1640. The molecule has 0 heterocycles. The van der Waals surface area contributed by atoms with Crippen LogP contribution in [0.25, 0.3) is 23.8 Å². The van der Waals surface area contributed by atoms with E-state index in [4.69, 9.17) is 5.14 Å². The summed E-state index contributed by atoms with van der Waals surface area (Å²) in [5.41, 5.74) is 4.86. The van der Waals surface area contributed by atoms with Gasteiger partial charge in [-0.05, 0) is 75.4 Å². The molecule has 5 nitrogen and oxygen atoms in total. The third-order valence-electron chi connectivity index (χ3n) is 6.90. The van der Waals surface area contributed by atoms with E-state index in [1.165, 1.54) is 0 Å². The molecule has 3 aromatic carbocycles. The number of nitrogens with two attached hydrogens (primary N) is 1. The zero-order valence-electron chi connectivity index (χ0n) is 19.2. The Morgan fingerprint density at radius 2 is 1.74 bits per heavy atom. The molecule has 3 aromatic rings. The van der Waals surface area contributed by atoms with Crippen LogP contribution in [0.4, 0.5) is 0 Å². The highest BCUT2D eigenvalue weighted by atomic mass is 32.2. The van der Waals surface area contributed by atoms with Gasteiger partial charge in [0.1, 0.15) is 10.7 Å². The lowest BCUT2D eigenvalue weighted by Gasteiger charge is -2.28. The zero-order valence-corrected chi connectivity index (χ0v) is 20.0. The van der Waals surface area contributed by atoms with E-state index in [1.54, 1.807) is 37.3 Å². The number of carbonyl (C=O) groups is 1. The molecule has 2 aliphatic carbocycles. The van der Waals surface area contributed by atoms with Crippen molar-refractivity contribution in [1.82, 2.24) is 0 Å². The van der Waals surface area contributed by atoms with Crippen molar-refractivity contribution < 1.29 is 18.3 Å². The van der Waals surface area contributed by atoms with Gasteiger partial charge in [-0.3, -0.25) is 4.79 Å². The fourth-order valence-electron chi connectivity index (χ4n) is 4.92. The SMILES string of the molecule is CC1(S(N)(=O)=O)C=c2ccc(C(C(=O)O)C3=CCc4ccccc43)cc2=C/C1=C/c1ccccc1. The van der Waals surface area contributed by atoms with E-state index in [0.29, 0.717) is 22.8 Å². The second-order valence-corrected chi connectivity index (χ2v) is 11.1. The molecule has 0 spiro atoms. The Balaban J connectivity index is 1.68. The second-order valence-electron chi connectivity index (χ2n) is 9.13. The minimum Gasteiger partial charge on any atom is -0.481 e. The molecule has 5 rings (SSSR count). The van der Waals surface area contributed by atoms with E-state index >= 15 is 0 Å². The van der Waals surface area contributed by atoms with Gasteiger partial charge >= 0.3 is 5.97 Å². The van der Waals surface area contributed by atoms with Crippen molar-refractivity contribution in [1.29, 1.82) is 0 Å². The van der Waals surface area contributed by atoms with E-state index in [2.05, 4.69) is 0 Å². The van der Waals surface area contributed by atoms with Gasteiger partial charge in [-0.2, -0.15) is 0 Å². The van der Waals surface area contributed by atoms with E-state index in [0.717, 1.165) is 27.5 Å². The first kappa shape index (κ1) is 23.0. The highest BCUT2D eigenvalue weighted by molar-refractivity contribution is 7.91. The van der Waals surface area contributed by atoms with Gasteiger partial charge in [0, 0.05) is 0 Å². The maximum atomic E-state index is 12.7. The smallest absolute Gasteiger partial charge is 0.315 e. The van der Waals surface area contributed by atoms with E-state index in [9.17, 15) is 18.3 Å². The number of benzene rings is 3. The molecule has 2 aliphatic rings. The quantitative estimate of drug-likeness (QED) is 0.582. The summed E-state index contributed by atoms with van der Waals surface area (Å²) >= 11 is 0. The van der Waals surface area contributed by atoms with Gasteiger partial charge in [-0.15, -0.1) is 0 Å². The molecule has 6 heteroatoms. The first-order valence-corrected chi connectivity index (χ1v) is 12.9. The summed E-state index contributed by atoms with van der Waals surface area (Å²) in [4.78, 5) is 12.4. The number of allylic oxidation sites excluding steroid dienone is 1. The molecule has 3 N–H and O–H groups in total. The van der Waals surface area contributed by atoms with Crippen LogP contribution in [0.3, 0.4) is 0 Å². The lowest BCUT2D eigenvalue weighted by molar-refractivity contribution is -0.137. The Morgan fingerprint density at radius 1 is 1.03 bits per heavy atom. The summed E-state index contributed by atoms with van der Waals surface area (Å²) in [6.07, 6.45) is 7.94. The number of fused-ring (bicyclic) bond motifs is 2. The molecule has 0 radical (unpaired) electrons. The number of rotatable bonds is 5. The van der Waals surface area contributed by atoms with E-state index in [-0.39, 0.29) is 0 Å². The molecular weight excluding hydrogens is 458 g/mol. The van der Waals surface area contributed by atoms with Crippen LogP contribution in [0, 0.1) is 0 Å². The molecule has 0 fully saturated rings. The minimum atomic E-state index is -3.98. The number of hydrogen-bond donors (Lipinski definition) is 2. The summed E-state index contributed by atoms with van der Waals surface area (Å²) in [7, 11) is -3.98. The Hall–Kier alpha value is -3.74. The van der Waals surface area contributed by atoms with Gasteiger partial charge < -0.3 is 5.11 Å². The Kier molecular flexibility index (Phi) is 5.58. The maximum Gasteiger partial charge on any atom is 0.315 e. The van der Waals surface area contributed by atoms with Gasteiger partial charge in [-0.25, -0.2) is 13.6 Å². The Labute approximate surface area is 204 Å². The maximum absolute atomic E-state index is 12.7. The second kappa shape index (κ2) is 8.48. The number of hydrogen-bond acceptors (Lipinski definition) is 3. The van der Waals surface area contributed by atoms with Crippen molar-refractivity contribution in [3.05, 3.63) is 117 Å². The van der Waals surface area contributed by atoms with Crippen LogP contribution in [0.5, 0.6) is 0 Å². The Morgan fingerprint density at radius 3 is 2.46 bits per heavy atom. The summed E-state index contributed by atoms with van der Waals surface area (Å²) in [5, 5.41) is 17.3. The normalized spacial score (nSPS) is 20.7. The lowest BCUT2D eigenvalue weighted by Crippen LogP contribution is -2.46. The summed E-state index contributed by atoms with van der Waals surface area (Å²) in [6.45, 7) is 1.59. The number of carboxylic acid groups (broad SMARTS) is 1. The van der Waals surface area contributed by atoms with Crippen LogP contribution in [0.2, 0.25) is 0 Å². The molecule has 0 saturated heterocycles. The van der Waals surface area contributed by atoms with Gasteiger partial charge in [0.2, 0.25) is 10.0 Å². The van der Waals surface area contributed by atoms with Crippen LogP contribution >= 0.6 is 0 Å². The highest BCUT2D eigenvalue weighted by Crippen LogP contribution is 2.38. The summed E-state index contributed by atoms with van der Waals surface area (Å²) in [6, 6.07) is 22.7. The van der Waals surface area contributed by atoms with Crippen LogP contribution in [-0.2, 0) is 21.2 Å². The topological polar surface area (TPSA) is 97.5 Å². The van der Waals surface area contributed by atoms with E-state index in [1.807, 2.05) is 66.7 Å². The van der Waals surface area contributed by atoms with Crippen LogP contribution in [0.15, 0.2) is 84.4 Å². The molecule has 0 aliphatic heterocycles. The van der Waals surface area contributed by atoms with Crippen LogP contribution in [-0.4, -0.2) is 24.2 Å². The van der Waals surface area contributed by atoms with Gasteiger partial charge in [0.05, 0.1) is 0 Å². The molecular formula is C29H25NO4S. The predicted octanol–water partition coefficient (Wildman–Crippen LogP) is 3.20. The third kappa shape index (κ3) is 4.05. The molecule has 35 heavy (non-hydrogen) atoms. The standard InChI is InChI=1S/C29H25NO4S/c1-29(35(30,33)34)18-22-12-11-21(16-23(22)17-24(29)15-19-7-3-2-4-8-19)27(28(31)32)26-14-13-20-9-5-6-10-25(20)26/h2-12,14-18,27H,13H2,1H3,(H,31,32)(H2,30,33,34)/b24-15-. The molecule has 0 bridgehead atoms. The van der Waals surface area contributed by atoms with Gasteiger partial charge in [0.15, 0.2) is 0 Å². The van der Waals surface area contributed by atoms with Crippen molar-refractivity contribution >= 4 is 39.8 Å². The fourth-order valence-corrected chi connectivity index (χ4v) is 5.66. The van der Waals surface area contributed by atoms with Crippen LogP contribution in [0.1, 0.15) is 35.1 Å². The highest BCUT2D eigenvalue weighted by Gasteiger charge is 2.39. The minimum absolute atomic E-state index is 0.521. The van der Waals surface area contributed by atoms with Gasteiger partial charge in [0.25, 0.3) is 0 Å². The fraction of sp³-hybridized carbons (Fsp3) is 0.138. The van der Waals surface area contributed by atoms with Gasteiger partial charge in [-0.1, -0.05) is 78.9 Å². The number of primary sulfonamides is 1. The van der Waals surface area contributed by atoms with Crippen molar-refractivity contribution in [2.24, 2.45) is 5.14 Å². The summed E-state index contributed by atoms with van der Waals surface area (Å²) < 4.78 is 23.9. The first-order valence-electron chi connectivity index (χ1n) is 11.3. The van der Waals surface area contributed by atoms with Crippen molar-refractivity contribution in [2.45, 2.75) is 24.0 Å². The average Bonchev–Trinajstić information content (AvgIpc) is 3.23. The van der Waals surface area contributed by atoms with Crippen molar-refractivity contribution in [2.75, 3.05) is 0 Å². The lowest BCUT2D eigenvalue weighted by atomic mass is 9.85. The number of sulfonamides is 1.